The van der Waals surface area contributed by atoms with E-state index >= 15 is 0 Å². The number of primary sulfonamides is 1. The quantitative estimate of drug-likeness (QED) is 0.664. The number of carbonyl (C=O) groups is 1. The highest BCUT2D eigenvalue weighted by Crippen LogP contribution is 2.19. The number of fused-ring (bicyclic) bond motifs is 1. The van der Waals surface area contributed by atoms with Crippen molar-refractivity contribution in [2.24, 2.45) is 5.14 Å². The Kier molecular flexibility index (Phi) is 2.81. The van der Waals surface area contributed by atoms with Crippen LogP contribution in [0.2, 0.25) is 0 Å². The van der Waals surface area contributed by atoms with Crippen LogP contribution >= 0.6 is 0 Å². The molecule has 3 aromatic rings. The van der Waals surface area contributed by atoms with Crippen molar-refractivity contribution in [2.75, 3.05) is 5.73 Å². The van der Waals surface area contributed by atoms with Crippen molar-refractivity contribution in [1.29, 1.82) is 0 Å². The molecule has 0 aliphatic rings. The molecule has 21 heavy (non-hydrogen) atoms. The van der Waals surface area contributed by atoms with Gasteiger partial charge in [0.05, 0.1) is 11.7 Å². The third-order valence-corrected chi connectivity index (χ3v) is 3.64. The first-order valence-corrected chi connectivity index (χ1v) is 7.31. The maximum Gasteiger partial charge on any atom is 0.314 e. The largest absolute Gasteiger partial charge is 0.438 e. The number of sulfonamides is 1. The van der Waals surface area contributed by atoms with Gasteiger partial charge in [0.1, 0.15) is 0 Å². The molecular formula is C12H10N4O4S. The Bertz CT molecular complexity index is 955. The molecule has 0 saturated heterocycles. The van der Waals surface area contributed by atoms with E-state index in [4.69, 9.17) is 15.3 Å². The third-order valence-electron chi connectivity index (χ3n) is 2.86. The lowest BCUT2D eigenvalue weighted by Gasteiger charge is -2.00. The summed E-state index contributed by atoms with van der Waals surface area (Å²) < 4.78 is 28.3. The van der Waals surface area contributed by atoms with Crippen LogP contribution in [0.1, 0.15) is 10.6 Å². The number of carbonyl (C=O) groups excluding carboxylic acids is 1. The second-order valence-corrected chi connectivity index (χ2v) is 5.84. The SMILES string of the molecule is Nc1ccc2c(cnn2C(=O)c2ccc(S(N)(=O)=O)o2)c1. The Hall–Kier alpha value is -2.65. The Morgan fingerprint density at radius 2 is 2.00 bits per heavy atom. The Morgan fingerprint density at radius 1 is 1.24 bits per heavy atom. The van der Waals surface area contributed by atoms with Gasteiger partial charge in [-0.1, -0.05) is 0 Å². The van der Waals surface area contributed by atoms with E-state index in [1.165, 1.54) is 12.3 Å². The fourth-order valence-corrected chi connectivity index (χ4v) is 2.37. The van der Waals surface area contributed by atoms with Crippen LogP contribution in [0.3, 0.4) is 0 Å². The molecule has 3 rings (SSSR count). The van der Waals surface area contributed by atoms with E-state index < -0.39 is 21.0 Å². The topological polar surface area (TPSA) is 134 Å². The van der Waals surface area contributed by atoms with Crippen molar-refractivity contribution in [3.63, 3.8) is 0 Å². The van der Waals surface area contributed by atoms with Gasteiger partial charge in [0.2, 0.25) is 5.09 Å². The molecule has 0 radical (unpaired) electrons. The van der Waals surface area contributed by atoms with Gasteiger partial charge in [0, 0.05) is 11.1 Å². The molecule has 0 atom stereocenters. The van der Waals surface area contributed by atoms with Gasteiger partial charge in [-0.3, -0.25) is 4.79 Å². The summed E-state index contributed by atoms with van der Waals surface area (Å²) in [6.45, 7) is 0. The summed E-state index contributed by atoms with van der Waals surface area (Å²) >= 11 is 0. The second-order valence-electron chi connectivity index (χ2n) is 4.34. The van der Waals surface area contributed by atoms with Gasteiger partial charge in [0.15, 0.2) is 5.76 Å². The number of nitrogens with zero attached hydrogens (tertiary/aromatic N) is 2. The second kappa shape index (κ2) is 4.43. The van der Waals surface area contributed by atoms with Gasteiger partial charge in [0.25, 0.3) is 10.0 Å². The van der Waals surface area contributed by atoms with Crippen LogP contribution in [0.15, 0.2) is 46.0 Å². The lowest BCUT2D eigenvalue weighted by molar-refractivity contribution is 0.0917. The molecule has 1 aromatic carbocycles. The number of hydrogen-bond donors (Lipinski definition) is 2. The first-order chi connectivity index (χ1) is 9.86. The van der Waals surface area contributed by atoms with Crippen molar-refractivity contribution in [3.05, 3.63) is 42.3 Å². The molecule has 0 aliphatic carbocycles. The van der Waals surface area contributed by atoms with E-state index in [-0.39, 0.29) is 5.76 Å². The van der Waals surface area contributed by atoms with E-state index in [0.717, 1.165) is 10.7 Å². The molecule has 0 amide bonds. The smallest absolute Gasteiger partial charge is 0.314 e. The van der Waals surface area contributed by atoms with Crippen molar-refractivity contribution in [1.82, 2.24) is 9.78 Å². The van der Waals surface area contributed by atoms with Gasteiger partial charge in [-0.15, -0.1) is 0 Å². The summed E-state index contributed by atoms with van der Waals surface area (Å²) in [5.74, 6) is -0.787. The zero-order valence-electron chi connectivity index (χ0n) is 10.6. The number of nitrogen functional groups attached to an aromatic ring is 1. The summed E-state index contributed by atoms with van der Waals surface area (Å²) in [6.07, 6.45) is 1.48. The number of aromatic nitrogens is 2. The molecule has 0 aliphatic heterocycles. The van der Waals surface area contributed by atoms with Crippen LogP contribution in [0.4, 0.5) is 5.69 Å². The molecule has 0 unspecified atom stereocenters. The zero-order valence-corrected chi connectivity index (χ0v) is 11.4. The molecule has 9 heteroatoms. The third kappa shape index (κ3) is 2.28. The normalized spacial score (nSPS) is 11.9. The van der Waals surface area contributed by atoms with Gasteiger partial charge < -0.3 is 10.2 Å². The number of anilines is 1. The van der Waals surface area contributed by atoms with Crippen molar-refractivity contribution in [2.45, 2.75) is 5.09 Å². The molecule has 0 saturated carbocycles. The highest BCUT2D eigenvalue weighted by molar-refractivity contribution is 7.89. The van der Waals surface area contributed by atoms with Crippen LogP contribution in [0.5, 0.6) is 0 Å². The molecule has 4 N–H and O–H groups in total. The lowest BCUT2D eigenvalue weighted by Crippen LogP contribution is -2.13. The zero-order chi connectivity index (χ0) is 15.2. The molecule has 0 bridgehead atoms. The van der Waals surface area contributed by atoms with Gasteiger partial charge in [-0.2, -0.15) is 9.78 Å². The predicted octanol–water partition coefficient (Wildman–Crippen LogP) is 0.547. The minimum absolute atomic E-state index is 0.180. The predicted molar refractivity (Wildman–Crippen MR) is 74.0 cm³/mol. The molecule has 2 aromatic heterocycles. The van der Waals surface area contributed by atoms with Crippen LogP contribution < -0.4 is 10.9 Å². The number of rotatable bonds is 2. The fourth-order valence-electron chi connectivity index (χ4n) is 1.91. The van der Waals surface area contributed by atoms with E-state index in [2.05, 4.69) is 5.10 Å². The fraction of sp³-hybridized carbons (Fsp3) is 0. The first kappa shape index (κ1) is 13.3. The highest BCUT2D eigenvalue weighted by atomic mass is 32.2. The molecule has 8 nitrogen and oxygen atoms in total. The molecule has 0 spiro atoms. The van der Waals surface area contributed by atoms with Crippen LogP contribution in [0.25, 0.3) is 10.9 Å². The standard InChI is InChI=1S/C12H10N4O4S/c13-8-1-2-9-7(5-8)6-15-16(9)12(17)10-3-4-11(20-10)21(14,18)19/h1-6H,13H2,(H2,14,18,19). The minimum atomic E-state index is -4.00. The van der Waals surface area contributed by atoms with Gasteiger partial charge >= 0.3 is 5.91 Å². The number of furan rings is 1. The molecular weight excluding hydrogens is 296 g/mol. The summed E-state index contributed by atoms with van der Waals surface area (Å²) in [5, 5.41) is 9.08. The lowest BCUT2D eigenvalue weighted by atomic mass is 10.2. The monoisotopic (exact) mass is 306 g/mol. The van der Waals surface area contributed by atoms with Crippen molar-refractivity contribution < 1.29 is 17.6 Å². The summed E-state index contributed by atoms with van der Waals surface area (Å²) in [6, 6.07) is 7.29. The summed E-state index contributed by atoms with van der Waals surface area (Å²) in [5.41, 5.74) is 6.73. The van der Waals surface area contributed by atoms with Crippen LogP contribution in [0, 0.1) is 0 Å². The Labute approximate surface area is 119 Å². The Morgan fingerprint density at radius 3 is 2.67 bits per heavy atom. The summed E-state index contributed by atoms with van der Waals surface area (Å²) in [7, 11) is -4.00. The van der Waals surface area contributed by atoms with E-state index in [9.17, 15) is 13.2 Å². The maximum absolute atomic E-state index is 12.3. The van der Waals surface area contributed by atoms with Crippen LogP contribution in [-0.2, 0) is 10.0 Å². The maximum atomic E-state index is 12.3. The van der Waals surface area contributed by atoms with E-state index in [1.807, 2.05) is 0 Å². The average Bonchev–Trinajstić information content (AvgIpc) is 3.03. The minimum Gasteiger partial charge on any atom is -0.438 e. The Balaban J connectivity index is 2.07. The van der Waals surface area contributed by atoms with E-state index in [0.29, 0.717) is 16.6 Å². The molecule has 108 valence electrons. The molecule has 2 heterocycles. The van der Waals surface area contributed by atoms with Crippen molar-refractivity contribution >= 4 is 32.5 Å². The van der Waals surface area contributed by atoms with Crippen LogP contribution in [-0.4, -0.2) is 24.1 Å². The van der Waals surface area contributed by atoms with Gasteiger partial charge in [-0.05, 0) is 30.3 Å². The number of nitrogens with two attached hydrogens (primary N) is 2. The van der Waals surface area contributed by atoms with Crippen molar-refractivity contribution in [3.8, 4) is 0 Å². The van der Waals surface area contributed by atoms with Gasteiger partial charge in [-0.25, -0.2) is 13.6 Å². The summed E-state index contributed by atoms with van der Waals surface area (Å²) in [4.78, 5) is 12.3. The average molecular weight is 306 g/mol. The number of hydrogen-bond acceptors (Lipinski definition) is 6. The number of benzene rings is 1. The highest BCUT2D eigenvalue weighted by Gasteiger charge is 2.20. The van der Waals surface area contributed by atoms with E-state index in [1.54, 1.807) is 18.2 Å². The molecule has 0 fully saturated rings. The first-order valence-electron chi connectivity index (χ1n) is 5.77.